The fraction of sp³-hybridized carbons (Fsp3) is 0.500. The van der Waals surface area contributed by atoms with Crippen molar-refractivity contribution in [1.29, 1.82) is 0 Å². The second kappa shape index (κ2) is 4.62. The summed E-state index contributed by atoms with van der Waals surface area (Å²) in [6.45, 7) is 3.08. The largest absolute Gasteiger partial charge is 0.489 e. The number of ether oxygens (including phenoxy) is 1. The zero-order chi connectivity index (χ0) is 10.7. The van der Waals surface area contributed by atoms with E-state index in [2.05, 4.69) is 5.32 Å². The lowest BCUT2D eigenvalue weighted by molar-refractivity contribution is 0.179. The predicted octanol–water partition coefficient (Wildman–Crippen LogP) is 2.34. The number of rotatable bonds is 3. The van der Waals surface area contributed by atoms with Crippen LogP contribution in [0.1, 0.15) is 19.8 Å². The smallest absolute Gasteiger partial charge is 0.126 e. The van der Waals surface area contributed by atoms with Crippen LogP contribution in [0.25, 0.3) is 0 Å². The topological polar surface area (TPSA) is 21.3 Å². The summed E-state index contributed by atoms with van der Waals surface area (Å²) in [4.78, 5) is 0. The summed E-state index contributed by atoms with van der Waals surface area (Å²) in [5.74, 6) is 0.357. The monoisotopic (exact) mass is 209 g/mol. The van der Waals surface area contributed by atoms with Crippen LogP contribution in [-0.4, -0.2) is 18.7 Å². The van der Waals surface area contributed by atoms with E-state index in [4.69, 9.17) is 4.74 Å². The molecule has 0 bridgehead atoms. The standard InChI is InChI=1S/C12H16FNO/c1-9(12-6-3-7-14-12)15-11-5-2-4-10(13)8-11/h2,4-5,8-9,12,14H,3,6-7H2,1H3. The third kappa shape index (κ3) is 2.69. The summed E-state index contributed by atoms with van der Waals surface area (Å²) in [7, 11) is 0. The first kappa shape index (κ1) is 10.4. The summed E-state index contributed by atoms with van der Waals surface area (Å²) in [5, 5.41) is 3.37. The molecule has 1 aromatic rings. The summed E-state index contributed by atoms with van der Waals surface area (Å²) in [6.07, 6.45) is 2.42. The van der Waals surface area contributed by atoms with Gasteiger partial charge in [-0.25, -0.2) is 4.39 Å². The number of nitrogens with one attached hydrogen (secondary N) is 1. The van der Waals surface area contributed by atoms with Crippen molar-refractivity contribution < 1.29 is 9.13 Å². The maximum atomic E-state index is 12.9. The molecule has 1 saturated heterocycles. The van der Waals surface area contributed by atoms with Crippen LogP contribution in [0.4, 0.5) is 4.39 Å². The Morgan fingerprint density at radius 2 is 2.40 bits per heavy atom. The highest BCUT2D eigenvalue weighted by Gasteiger charge is 2.22. The van der Waals surface area contributed by atoms with E-state index in [9.17, 15) is 4.39 Å². The molecular formula is C12H16FNO. The second-order valence-electron chi connectivity index (χ2n) is 3.98. The van der Waals surface area contributed by atoms with Crippen LogP contribution in [0.15, 0.2) is 24.3 Å². The van der Waals surface area contributed by atoms with Gasteiger partial charge < -0.3 is 10.1 Å². The molecule has 0 spiro atoms. The number of hydrogen-bond donors (Lipinski definition) is 1. The lowest BCUT2D eigenvalue weighted by Crippen LogP contribution is -2.36. The first-order valence-corrected chi connectivity index (χ1v) is 5.41. The van der Waals surface area contributed by atoms with Gasteiger partial charge in [0.05, 0.1) is 0 Å². The van der Waals surface area contributed by atoms with E-state index in [0.717, 1.165) is 13.0 Å². The van der Waals surface area contributed by atoms with Crippen molar-refractivity contribution >= 4 is 0 Å². The van der Waals surface area contributed by atoms with Gasteiger partial charge in [0.2, 0.25) is 0 Å². The zero-order valence-electron chi connectivity index (χ0n) is 8.87. The Bertz CT molecular complexity index is 323. The minimum Gasteiger partial charge on any atom is -0.489 e. The lowest BCUT2D eigenvalue weighted by Gasteiger charge is -2.21. The molecule has 0 aromatic heterocycles. The number of benzene rings is 1. The van der Waals surface area contributed by atoms with Crippen molar-refractivity contribution in [3.8, 4) is 5.75 Å². The normalized spacial score (nSPS) is 22.7. The molecule has 2 nitrogen and oxygen atoms in total. The van der Waals surface area contributed by atoms with Gasteiger partial charge in [0, 0.05) is 12.1 Å². The van der Waals surface area contributed by atoms with Gasteiger partial charge in [0.25, 0.3) is 0 Å². The average Bonchev–Trinajstić information content (AvgIpc) is 2.70. The van der Waals surface area contributed by atoms with Crippen LogP contribution in [-0.2, 0) is 0 Å². The van der Waals surface area contributed by atoms with Gasteiger partial charge in [0.15, 0.2) is 0 Å². The Hall–Kier alpha value is -1.09. The van der Waals surface area contributed by atoms with Gasteiger partial charge in [-0.05, 0) is 38.4 Å². The number of halogens is 1. The Kier molecular flexibility index (Phi) is 3.21. The van der Waals surface area contributed by atoms with Crippen molar-refractivity contribution in [3.05, 3.63) is 30.1 Å². The van der Waals surface area contributed by atoms with Crippen molar-refractivity contribution in [3.63, 3.8) is 0 Å². The van der Waals surface area contributed by atoms with E-state index in [1.807, 2.05) is 6.92 Å². The van der Waals surface area contributed by atoms with Gasteiger partial charge in [0.1, 0.15) is 17.7 Å². The molecule has 0 radical (unpaired) electrons. The number of hydrogen-bond acceptors (Lipinski definition) is 2. The molecule has 1 fully saturated rings. The van der Waals surface area contributed by atoms with E-state index < -0.39 is 0 Å². The van der Waals surface area contributed by atoms with Gasteiger partial charge >= 0.3 is 0 Å². The van der Waals surface area contributed by atoms with Gasteiger partial charge in [-0.15, -0.1) is 0 Å². The minimum absolute atomic E-state index is 0.0919. The van der Waals surface area contributed by atoms with Crippen LogP contribution >= 0.6 is 0 Å². The summed E-state index contributed by atoms with van der Waals surface area (Å²) in [5.41, 5.74) is 0. The molecule has 1 aromatic carbocycles. The fourth-order valence-electron chi connectivity index (χ4n) is 1.95. The molecule has 2 rings (SSSR count). The van der Waals surface area contributed by atoms with Gasteiger partial charge in [-0.3, -0.25) is 0 Å². The fourth-order valence-corrected chi connectivity index (χ4v) is 1.95. The highest BCUT2D eigenvalue weighted by atomic mass is 19.1. The van der Waals surface area contributed by atoms with E-state index in [0.29, 0.717) is 11.8 Å². The Labute approximate surface area is 89.4 Å². The van der Waals surface area contributed by atoms with Crippen molar-refractivity contribution in [2.45, 2.75) is 31.9 Å². The highest BCUT2D eigenvalue weighted by Crippen LogP contribution is 2.18. The molecule has 82 valence electrons. The van der Waals surface area contributed by atoms with E-state index in [1.54, 1.807) is 12.1 Å². The SMILES string of the molecule is CC(Oc1cccc(F)c1)C1CCCN1. The van der Waals surface area contributed by atoms with E-state index in [-0.39, 0.29) is 11.9 Å². The van der Waals surface area contributed by atoms with Crippen molar-refractivity contribution in [2.75, 3.05) is 6.54 Å². The van der Waals surface area contributed by atoms with Crippen LogP contribution in [0.5, 0.6) is 5.75 Å². The van der Waals surface area contributed by atoms with Crippen LogP contribution in [0.3, 0.4) is 0 Å². The highest BCUT2D eigenvalue weighted by molar-refractivity contribution is 5.22. The molecule has 1 aliphatic heterocycles. The van der Waals surface area contributed by atoms with E-state index >= 15 is 0 Å². The molecule has 1 aliphatic rings. The summed E-state index contributed by atoms with van der Waals surface area (Å²) >= 11 is 0. The zero-order valence-corrected chi connectivity index (χ0v) is 8.87. The van der Waals surface area contributed by atoms with Crippen molar-refractivity contribution in [1.82, 2.24) is 5.32 Å². The molecule has 0 aliphatic carbocycles. The molecule has 2 unspecified atom stereocenters. The Morgan fingerprint density at radius 3 is 3.07 bits per heavy atom. The first-order valence-electron chi connectivity index (χ1n) is 5.41. The summed E-state index contributed by atoms with van der Waals surface area (Å²) in [6, 6.07) is 6.69. The first-order chi connectivity index (χ1) is 7.25. The Balaban J connectivity index is 1.95. The molecule has 0 amide bonds. The lowest BCUT2D eigenvalue weighted by atomic mass is 10.1. The third-order valence-electron chi connectivity index (χ3n) is 2.78. The maximum Gasteiger partial charge on any atom is 0.126 e. The molecule has 1 heterocycles. The third-order valence-corrected chi connectivity index (χ3v) is 2.78. The molecule has 1 N–H and O–H groups in total. The molecular weight excluding hydrogens is 193 g/mol. The summed E-state index contributed by atoms with van der Waals surface area (Å²) < 4.78 is 18.6. The van der Waals surface area contributed by atoms with E-state index in [1.165, 1.54) is 18.6 Å². The average molecular weight is 209 g/mol. The molecule has 2 atom stereocenters. The molecule has 15 heavy (non-hydrogen) atoms. The Morgan fingerprint density at radius 1 is 1.53 bits per heavy atom. The van der Waals surface area contributed by atoms with Gasteiger partial charge in [-0.1, -0.05) is 6.07 Å². The molecule has 3 heteroatoms. The maximum absolute atomic E-state index is 12.9. The molecule has 0 saturated carbocycles. The second-order valence-corrected chi connectivity index (χ2v) is 3.98. The van der Waals surface area contributed by atoms with Crippen LogP contribution in [0.2, 0.25) is 0 Å². The van der Waals surface area contributed by atoms with Crippen molar-refractivity contribution in [2.24, 2.45) is 0 Å². The van der Waals surface area contributed by atoms with Gasteiger partial charge in [-0.2, -0.15) is 0 Å². The quantitative estimate of drug-likeness (QED) is 0.825. The predicted molar refractivity (Wildman–Crippen MR) is 57.5 cm³/mol. The van der Waals surface area contributed by atoms with Crippen LogP contribution < -0.4 is 10.1 Å². The minimum atomic E-state index is -0.251. The van der Waals surface area contributed by atoms with Crippen LogP contribution in [0, 0.1) is 5.82 Å².